The number of hydrogen-bond acceptors (Lipinski definition) is 5. The summed E-state index contributed by atoms with van der Waals surface area (Å²) in [5.74, 6) is -1.80. The summed E-state index contributed by atoms with van der Waals surface area (Å²) < 4.78 is 25.3. The average molecular weight is 315 g/mol. The molecule has 0 saturated heterocycles. The molecule has 0 fully saturated rings. The Hall–Kier alpha value is -1.97. The maximum Gasteiger partial charge on any atom is 0.244 e. The highest BCUT2D eigenvalue weighted by Gasteiger charge is 2.27. The third-order valence-corrected chi connectivity index (χ3v) is 4.47. The molecular weight excluding hydrogens is 298 g/mol. The van der Waals surface area contributed by atoms with Crippen LogP contribution in [-0.2, 0) is 19.6 Å². The van der Waals surface area contributed by atoms with Gasteiger partial charge in [0, 0.05) is 0 Å². The number of aliphatic hydroxyl groups excluding tert-OH is 1. The summed E-state index contributed by atoms with van der Waals surface area (Å²) >= 11 is 0. The molecule has 0 aliphatic rings. The van der Waals surface area contributed by atoms with Gasteiger partial charge < -0.3 is 16.6 Å². The van der Waals surface area contributed by atoms with Crippen LogP contribution in [0.25, 0.3) is 0 Å². The Kier molecular flexibility index (Phi) is 5.41. The number of rotatable bonds is 7. The molecule has 0 aromatic heterocycles. The summed E-state index contributed by atoms with van der Waals surface area (Å²) in [7, 11) is -4.08. The molecular formula is C12H17N3O5S. The topological polar surface area (TPSA) is 144 Å². The van der Waals surface area contributed by atoms with E-state index in [1.54, 1.807) is 0 Å². The van der Waals surface area contributed by atoms with Gasteiger partial charge in [-0.05, 0) is 24.6 Å². The van der Waals surface area contributed by atoms with Gasteiger partial charge in [-0.2, -0.15) is 4.31 Å². The Balaban J connectivity index is 3.15. The molecule has 116 valence electrons. The fourth-order valence-electron chi connectivity index (χ4n) is 1.64. The van der Waals surface area contributed by atoms with Crippen LogP contribution in [0.2, 0.25) is 0 Å². The van der Waals surface area contributed by atoms with Gasteiger partial charge in [0.2, 0.25) is 21.8 Å². The average Bonchev–Trinajstić information content (AvgIpc) is 2.37. The minimum atomic E-state index is -4.08. The van der Waals surface area contributed by atoms with E-state index >= 15 is 0 Å². The molecule has 5 N–H and O–H groups in total. The minimum absolute atomic E-state index is 0.130. The molecule has 0 saturated carbocycles. The van der Waals surface area contributed by atoms with E-state index in [0.29, 0.717) is 9.87 Å². The molecule has 0 aliphatic heterocycles. The molecule has 9 heteroatoms. The first kappa shape index (κ1) is 17.1. The zero-order valence-electron chi connectivity index (χ0n) is 11.4. The van der Waals surface area contributed by atoms with Gasteiger partial charge in [0.25, 0.3) is 0 Å². The van der Waals surface area contributed by atoms with Crippen LogP contribution < -0.4 is 11.5 Å². The predicted molar refractivity (Wildman–Crippen MR) is 74.2 cm³/mol. The van der Waals surface area contributed by atoms with Gasteiger partial charge in [0.05, 0.1) is 24.1 Å². The summed E-state index contributed by atoms with van der Waals surface area (Å²) in [4.78, 5) is 21.8. The van der Waals surface area contributed by atoms with Gasteiger partial charge >= 0.3 is 0 Å². The predicted octanol–water partition coefficient (Wildman–Crippen LogP) is -1.30. The number of benzene rings is 1. The molecule has 0 bridgehead atoms. The Morgan fingerprint density at radius 3 is 1.90 bits per heavy atom. The van der Waals surface area contributed by atoms with E-state index in [-0.39, 0.29) is 4.90 Å². The van der Waals surface area contributed by atoms with E-state index in [1.165, 1.54) is 31.2 Å². The highest BCUT2D eigenvalue weighted by atomic mass is 32.2. The van der Waals surface area contributed by atoms with Crippen LogP contribution in [0, 0.1) is 0 Å². The summed E-state index contributed by atoms with van der Waals surface area (Å²) in [5, 5.41) is 9.38. The van der Waals surface area contributed by atoms with Gasteiger partial charge in [-0.15, -0.1) is 0 Å². The van der Waals surface area contributed by atoms with E-state index in [1.807, 2.05) is 0 Å². The lowest BCUT2D eigenvalue weighted by molar-refractivity contribution is -0.120. The molecule has 2 amide bonds. The van der Waals surface area contributed by atoms with Crippen molar-refractivity contribution < 1.29 is 23.1 Å². The van der Waals surface area contributed by atoms with E-state index < -0.39 is 41.0 Å². The van der Waals surface area contributed by atoms with Crippen molar-refractivity contribution in [2.24, 2.45) is 11.5 Å². The van der Waals surface area contributed by atoms with Crippen molar-refractivity contribution in [2.45, 2.75) is 17.9 Å². The Morgan fingerprint density at radius 1 is 1.14 bits per heavy atom. The van der Waals surface area contributed by atoms with Crippen molar-refractivity contribution in [3.8, 4) is 0 Å². The molecule has 21 heavy (non-hydrogen) atoms. The third kappa shape index (κ3) is 4.52. The lowest BCUT2D eigenvalue weighted by Crippen LogP contribution is -2.43. The number of nitrogens with zero attached hydrogens (tertiary/aromatic N) is 1. The molecule has 8 nitrogen and oxygen atoms in total. The van der Waals surface area contributed by atoms with Gasteiger partial charge in [0.15, 0.2) is 0 Å². The van der Waals surface area contributed by atoms with E-state index in [4.69, 9.17) is 11.5 Å². The standard InChI is InChI=1S/C12H17N3O5S/c1-8(16)9-2-4-10(5-3-9)21(19,20)15(6-11(13)17)7-12(14)18/h2-5,8,16H,6-7H2,1H3,(H2,13,17)(H2,14,18). The first-order valence-electron chi connectivity index (χ1n) is 5.99. The maximum atomic E-state index is 12.3. The highest BCUT2D eigenvalue weighted by Crippen LogP contribution is 2.19. The van der Waals surface area contributed by atoms with Crippen molar-refractivity contribution in [3.05, 3.63) is 29.8 Å². The van der Waals surface area contributed by atoms with Crippen molar-refractivity contribution in [2.75, 3.05) is 13.1 Å². The van der Waals surface area contributed by atoms with Crippen LogP contribution in [0.4, 0.5) is 0 Å². The molecule has 1 aromatic rings. The van der Waals surface area contributed by atoms with Crippen LogP contribution in [0.1, 0.15) is 18.6 Å². The summed E-state index contributed by atoms with van der Waals surface area (Å²) in [5.41, 5.74) is 10.5. The minimum Gasteiger partial charge on any atom is -0.389 e. The molecule has 1 rings (SSSR count). The van der Waals surface area contributed by atoms with E-state index in [0.717, 1.165) is 0 Å². The number of carbonyl (C=O) groups excluding carboxylic acids is 2. The quantitative estimate of drug-likeness (QED) is 0.573. The molecule has 1 atom stereocenters. The molecule has 0 aliphatic carbocycles. The molecule has 1 aromatic carbocycles. The summed E-state index contributed by atoms with van der Waals surface area (Å²) in [6, 6.07) is 5.41. The molecule has 0 heterocycles. The largest absolute Gasteiger partial charge is 0.389 e. The van der Waals surface area contributed by atoms with Gasteiger partial charge in [0.1, 0.15) is 0 Å². The smallest absolute Gasteiger partial charge is 0.244 e. The fraction of sp³-hybridized carbons (Fsp3) is 0.333. The summed E-state index contributed by atoms with van der Waals surface area (Å²) in [6.07, 6.45) is -0.742. The first-order chi connectivity index (χ1) is 9.64. The molecule has 0 spiro atoms. The summed E-state index contributed by atoms with van der Waals surface area (Å²) in [6.45, 7) is 0.239. The first-order valence-corrected chi connectivity index (χ1v) is 7.43. The molecule has 1 unspecified atom stereocenters. The van der Waals surface area contributed by atoms with Crippen LogP contribution in [0.3, 0.4) is 0 Å². The van der Waals surface area contributed by atoms with Crippen LogP contribution in [-0.4, -0.2) is 42.7 Å². The molecule has 0 radical (unpaired) electrons. The van der Waals surface area contributed by atoms with Gasteiger partial charge in [-0.1, -0.05) is 12.1 Å². The number of hydrogen-bond donors (Lipinski definition) is 3. The normalized spacial score (nSPS) is 13.1. The number of sulfonamides is 1. The SMILES string of the molecule is CC(O)c1ccc(S(=O)(=O)N(CC(N)=O)CC(N)=O)cc1. The number of amides is 2. The zero-order chi connectivity index (χ0) is 16.2. The second-order valence-electron chi connectivity index (χ2n) is 4.45. The number of nitrogens with two attached hydrogens (primary N) is 2. The number of carbonyl (C=O) groups is 2. The van der Waals surface area contributed by atoms with Gasteiger partial charge in [-0.3, -0.25) is 9.59 Å². The van der Waals surface area contributed by atoms with Crippen molar-refractivity contribution in [3.63, 3.8) is 0 Å². The monoisotopic (exact) mass is 315 g/mol. The second-order valence-corrected chi connectivity index (χ2v) is 6.39. The fourth-order valence-corrected chi connectivity index (χ4v) is 3.01. The van der Waals surface area contributed by atoms with Crippen molar-refractivity contribution >= 4 is 21.8 Å². The number of aliphatic hydroxyl groups is 1. The van der Waals surface area contributed by atoms with Crippen LogP contribution in [0.15, 0.2) is 29.2 Å². The third-order valence-electron chi connectivity index (χ3n) is 2.66. The lowest BCUT2D eigenvalue weighted by atomic mass is 10.1. The van der Waals surface area contributed by atoms with Gasteiger partial charge in [-0.25, -0.2) is 8.42 Å². The second kappa shape index (κ2) is 6.66. The maximum absolute atomic E-state index is 12.3. The van der Waals surface area contributed by atoms with Crippen molar-refractivity contribution in [1.29, 1.82) is 0 Å². The zero-order valence-corrected chi connectivity index (χ0v) is 12.2. The van der Waals surface area contributed by atoms with E-state index in [2.05, 4.69) is 0 Å². The van der Waals surface area contributed by atoms with E-state index in [9.17, 15) is 23.1 Å². The lowest BCUT2D eigenvalue weighted by Gasteiger charge is -2.19. The van der Waals surface area contributed by atoms with Crippen LogP contribution >= 0.6 is 0 Å². The Morgan fingerprint density at radius 2 is 1.57 bits per heavy atom. The van der Waals surface area contributed by atoms with Crippen molar-refractivity contribution in [1.82, 2.24) is 4.31 Å². The number of primary amides is 2. The van der Waals surface area contributed by atoms with Crippen LogP contribution in [0.5, 0.6) is 0 Å². The Bertz CT molecular complexity index is 609. The Labute approximate surface area is 122 Å². The highest BCUT2D eigenvalue weighted by molar-refractivity contribution is 7.89.